The van der Waals surface area contributed by atoms with Crippen LogP contribution in [0.3, 0.4) is 0 Å². The summed E-state index contributed by atoms with van der Waals surface area (Å²) in [4.78, 5) is 7.42. The van der Waals surface area contributed by atoms with Gasteiger partial charge in [-0.15, -0.1) is 11.8 Å². The first-order valence-electron chi connectivity index (χ1n) is 5.90. The van der Waals surface area contributed by atoms with Crippen molar-refractivity contribution in [3.8, 4) is 0 Å². The van der Waals surface area contributed by atoms with E-state index < -0.39 is 11.9 Å². The molecule has 0 aliphatic heterocycles. The smallest absolute Gasteiger partial charge is 0.357 e. The Morgan fingerprint density at radius 2 is 1.86 bits per heavy atom. The lowest BCUT2D eigenvalue weighted by Gasteiger charge is -2.10. The highest BCUT2D eigenvalue weighted by molar-refractivity contribution is 7.98. The summed E-state index contributed by atoms with van der Waals surface area (Å²) in [5.41, 5.74) is -0.0111. The molecule has 0 fully saturated rings. The number of alkyl halides is 3. The largest absolute Gasteiger partial charge is 0.433 e. The third-order valence-corrected chi connectivity index (χ3v) is 3.75. The van der Waals surface area contributed by atoms with E-state index in [1.807, 2.05) is 12.1 Å². The third kappa shape index (κ3) is 4.50. The molecule has 8 heteroatoms. The van der Waals surface area contributed by atoms with E-state index in [0.717, 1.165) is 11.6 Å². The first-order valence-corrected chi connectivity index (χ1v) is 7.26. The van der Waals surface area contributed by atoms with Crippen LogP contribution in [-0.4, -0.2) is 17.0 Å². The Balaban J connectivity index is 2.17. The zero-order chi connectivity index (χ0) is 15.5. The molecule has 1 heterocycles. The summed E-state index contributed by atoms with van der Waals surface area (Å²) < 4.78 is 38.2. The Kier molecular flexibility index (Phi) is 4.95. The number of thioether (sulfide) groups is 1. The van der Waals surface area contributed by atoms with Crippen molar-refractivity contribution in [3.05, 3.63) is 46.6 Å². The summed E-state index contributed by atoms with van der Waals surface area (Å²) in [5.74, 6) is 0.442. The number of nitrogens with one attached hydrogen (secondary N) is 1. The van der Waals surface area contributed by atoms with Crippen LogP contribution in [-0.2, 0) is 11.9 Å². The van der Waals surface area contributed by atoms with Gasteiger partial charge < -0.3 is 5.32 Å². The van der Waals surface area contributed by atoms with Gasteiger partial charge in [-0.2, -0.15) is 13.2 Å². The standard InChI is InChI=1S/C13H11ClF3N3S/c1-18-12-19-10(13(15,16)17)6-11(20-12)21-7-8-2-4-9(14)5-3-8/h2-6H,7H2,1H3,(H,18,19,20). The molecule has 0 atom stereocenters. The summed E-state index contributed by atoms with van der Waals surface area (Å²) in [6.45, 7) is 0. The summed E-state index contributed by atoms with van der Waals surface area (Å²) >= 11 is 6.98. The van der Waals surface area contributed by atoms with Crippen LogP contribution < -0.4 is 5.32 Å². The molecule has 0 amide bonds. The molecule has 0 saturated carbocycles. The fourth-order valence-corrected chi connectivity index (χ4v) is 2.47. The van der Waals surface area contributed by atoms with Crippen LogP contribution in [0.1, 0.15) is 11.3 Å². The lowest BCUT2D eigenvalue weighted by Crippen LogP contribution is -2.11. The Bertz CT molecular complexity index is 617. The molecule has 112 valence electrons. The highest BCUT2D eigenvalue weighted by Crippen LogP contribution is 2.31. The first kappa shape index (κ1) is 15.9. The van der Waals surface area contributed by atoms with E-state index in [2.05, 4.69) is 15.3 Å². The maximum Gasteiger partial charge on any atom is 0.433 e. The predicted octanol–water partition coefficient (Wildman–Crippen LogP) is 4.48. The monoisotopic (exact) mass is 333 g/mol. The van der Waals surface area contributed by atoms with Crippen molar-refractivity contribution in [1.82, 2.24) is 9.97 Å². The highest BCUT2D eigenvalue weighted by Gasteiger charge is 2.33. The lowest BCUT2D eigenvalue weighted by molar-refractivity contribution is -0.141. The van der Waals surface area contributed by atoms with E-state index >= 15 is 0 Å². The second kappa shape index (κ2) is 6.53. The van der Waals surface area contributed by atoms with Gasteiger partial charge >= 0.3 is 6.18 Å². The maximum absolute atomic E-state index is 12.7. The molecule has 0 bridgehead atoms. The van der Waals surface area contributed by atoms with Gasteiger partial charge in [0, 0.05) is 23.9 Å². The van der Waals surface area contributed by atoms with Crippen LogP contribution >= 0.6 is 23.4 Å². The maximum atomic E-state index is 12.7. The average molecular weight is 334 g/mol. The molecular formula is C13H11ClF3N3S. The van der Waals surface area contributed by atoms with Crippen molar-refractivity contribution in [2.45, 2.75) is 17.0 Å². The zero-order valence-corrected chi connectivity index (χ0v) is 12.5. The molecule has 0 aliphatic rings. The fraction of sp³-hybridized carbons (Fsp3) is 0.231. The van der Waals surface area contributed by atoms with Crippen LogP contribution in [0.15, 0.2) is 35.4 Å². The number of hydrogen-bond acceptors (Lipinski definition) is 4. The van der Waals surface area contributed by atoms with Crippen molar-refractivity contribution in [2.24, 2.45) is 0 Å². The van der Waals surface area contributed by atoms with E-state index in [0.29, 0.717) is 10.8 Å². The van der Waals surface area contributed by atoms with Gasteiger partial charge in [-0.05, 0) is 17.7 Å². The number of aromatic nitrogens is 2. The van der Waals surface area contributed by atoms with E-state index in [1.165, 1.54) is 18.8 Å². The number of halogens is 4. The van der Waals surface area contributed by atoms with Gasteiger partial charge in [-0.1, -0.05) is 23.7 Å². The van der Waals surface area contributed by atoms with Gasteiger partial charge in [0.25, 0.3) is 0 Å². The Labute approximate surface area is 128 Å². The van der Waals surface area contributed by atoms with Gasteiger partial charge in [0.05, 0.1) is 0 Å². The number of hydrogen-bond donors (Lipinski definition) is 1. The molecule has 0 saturated heterocycles. The summed E-state index contributed by atoms with van der Waals surface area (Å²) in [6, 6.07) is 8.05. The van der Waals surface area contributed by atoms with Crippen LogP contribution in [0.2, 0.25) is 5.02 Å². The number of nitrogens with zero attached hydrogens (tertiary/aromatic N) is 2. The zero-order valence-electron chi connectivity index (χ0n) is 10.9. The topological polar surface area (TPSA) is 37.8 Å². The van der Waals surface area contributed by atoms with Gasteiger partial charge in [-0.3, -0.25) is 0 Å². The number of anilines is 1. The van der Waals surface area contributed by atoms with E-state index in [9.17, 15) is 13.2 Å². The normalized spacial score (nSPS) is 11.5. The predicted molar refractivity (Wildman–Crippen MR) is 77.6 cm³/mol. The molecule has 0 unspecified atom stereocenters. The van der Waals surface area contributed by atoms with Crippen LogP contribution in [0.5, 0.6) is 0 Å². The molecule has 0 aliphatic carbocycles. The van der Waals surface area contributed by atoms with Crippen LogP contribution in [0.25, 0.3) is 0 Å². The molecule has 1 aromatic carbocycles. The quantitative estimate of drug-likeness (QED) is 0.661. The molecule has 2 aromatic rings. The second-order valence-corrected chi connectivity index (χ2v) is 5.51. The van der Waals surface area contributed by atoms with Gasteiger partial charge in [0.15, 0.2) is 5.69 Å². The SMILES string of the molecule is CNc1nc(SCc2ccc(Cl)cc2)cc(C(F)(F)F)n1. The number of benzene rings is 1. The molecule has 21 heavy (non-hydrogen) atoms. The molecule has 3 nitrogen and oxygen atoms in total. The summed E-state index contributed by atoms with van der Waals surface area (Å²) in [6.07, 6.45) is -4.50. The van der Waals surface area contributed by atoms with Crippen molar-refractivity contribution in [1.29, 1.82) is 0 Å². The highest BCUT2D eigenvalue weighted by atomic mass is 35.5. The molecule has 2 rings (SSSR count). The van der Waals surface area contributed by atoms with E-state index in [-0.39, 0.29) is 11.0 Å². The molecular weight excluding hydrogens is 323 g/mol. The Morgan fingerprint density at radius 1 is 1.19 bits per heavy atom. The third-order valence-electron chi connectivity index (χ3n) is 2.52. The molecule has 0 radical (unpaired) electrons. The first-order chi connectivity index (χ1) is 9.88. The summed E-state index contributed by atoms with van der Waals surface area (Å²) in [7, 11) is 1.48. The molecule has 0 spiro atoms. The molecule has 1 aromatic heterocycles. The second-order valence-electron chi connectivity index (χ2n) is 4.08. The lowest BCUT2D eigenvalue weighted by atomic mass is 10.2. The van der Waals surface area contributed by atoms with Crippen molar-refractivity contribution >= 4 is 29.3 Å². The van der Waals surface area contributed by atoms with E-state index in [4.69, 9.17) is 11.6 Å². The Hall–Kier alpha value is -1.47. The average Bonchev–Trinajstić information content (AvgIpc) is 2.45. The van der Waals surface area contributed by atoms with E-state index in [1.54, 1.807) is 12.1 Å². The van der Waals surface area contributed by atoms with Crippen molar-refractivity contribution in [3.63, 3.8) is 0 Å². The fourth-order valence-electron chi connectivity index (χ4n) is 1.49. The van der Waals surface area contributed by atoms with Crippen LogP contribution in [0, 0.1) is 0 Å². The van der Waals surface area contributed by atoms with Crippen molar-refractivity contribution < 1.29 is 13.2 Å². The van der Waals surface area contributed by atoms with Gasteiger partial charge in [0.1, 0.15) is 5.03 Å². The van der Waals surface area contributed by atoms with Gasteiger partial charge in [-0.25, -0.2) is 9.97 Å². The minimum Gasteiger partial charge on any atom is -0.357 e. The van der Waals surface area contributed by atoms with Gasteiger partial charge in [0.2, 0.25) is 5.95 Å². The minimum atomic E-state index is -4.50. The van der Waals surface area contributed by atoms with Crippen molar-refractivity contribution in [2.75, 3.05) is 12.4 Å². The van der Waals surface area contributed by atoms with Crippen LogP contribution in [0.4, 0.5) is 19.1 Å². The minimum absolute atomic E-state index is 0.0524. The molecule has 1 N–H and O–H groups in total. The Morgan fingerprint density at radius 3 is 2.43 bits per heavy atom. The summed E-state index contributed by atoms with van der Waals surface area (Å²) in [5, 5.41) is 3.41. The number of rotatable bonds is 4.